The average molecular weight is 467 g/mol. The van der Waals surface area contributed by atoms with Gasteiger partial charge in [-0.1, -0.05) is 0 Å². The number of fused-ring (bicyclic) bond motifs is 1. The highest BCUT2D eigenvalue weighted by Gasteiger charge is 2.48. The van der Waals surface area contributed by atoms with E-state index in [1.807, 2.05) is 56.6 Å². The Kier molecular flexibility index (Phi) is 6.12. The van der Waals surface area contributed by atoms with Crippen molar-refractivity contribution in [3.8, 4) is 11.5 Å². The van der Waals surface area contributed by atoms with Crippen molar-refractivity contribution in [3.63, 3.8) is 0 Å². The SMILES string of the molecule is CN(C)c1ccc(NC(=S)N[C@H]2CO[C@H]3[C@@H]2OC[C@@H]3Nc2nccc(-c3ccco3)n2)cc1. The van der Waals surface area contributed by atoms with Gasteiger partial charge in [0.05, 0.1) is 31.6 Å². The lowest BCUT2D eigenvalue weighted by atomic mass is 10.1. The molecular formula is C23H26N6O3S. The lowest BCUT2D eigenvalue weighted by molar-refractivity contribution is 0.0689. The van der Waals surface area contributed by atoms with Gasteiger partial charge in [0, 0.05) is 31.7 Å². The third-order valence-corrected chi connectivity index (χ3v) is 5.98. The van der Waals surface area contributed by atoms with Gasteiger partial charge in [0.25, 0.3) is 0 Å². The molecule has 2 aliphatic rings. The van der Waals surface area contributed by atoms with Crippen LogP contribution in [0.3, 0.4) is 0 Å². The fourth-order valence-corrected chi connectivity index (χ4v) is 4.35. The monoisotopic (exact) mass is 466 g/mol. The van der Waals surface area contributed by atoms with Crippen LogP contribution < -0.4 is 20.9 Å². The summed E-state index contributed by atoms with van der Waals surface area (Å²) >= 11 is 5.52. The summed E-state index contributed by atoms with van der Waals surface area (Å²) < 4.78 is 17.5. The van der Waals surface area contributed by atoms with E-state index in [0.717, 1.165) is 17.1 Å². The lowest BCUT2D eigenvalue weighted by Crippen LogP contribution is -2.46. The Morgan fingerprint density at radius 1 is 1.03 bits per heavy atom. The van der Waals surface area contributed by atoms with Gasteiger partial charge in [-0.15, -0.1) is 0 Å². The molecule has 0 aliphatic carbocycles. The third-order valence-electron chi connectivity index (χ3n) is 5.76. The standard InChI is InChI=1S/C23H26N6O3S/c1-29(2)15-7-5-14(6-8-15)25-23(33)28-18-13-32-20-17(12-31-21(18)20)27-22-24-10-9-16(26-22)19-4-3-11-30-19/h3-11,17-18,20-21H,12-13H2,1-2H3,(H,24,26,27)(H2,25,28,33)/t17-,18-,20+,21+/m0/s1. The van der Waals surface area contributed by atoms with Crippen molar-refractivity contribution in [2.75, 3.05) is 42.8 Å². The number of anilines is 3. The van der Waals surface area contributed by atoms with Crippen LogP contribution in [0.5, 0.6) is 0 Å². The molecule has 2 fully saturated rings. The first-order chi connectivity index (χ1) is 16.1. The Labute approximate surface area is 197 Å². The van der Waals surface area contributed by atoms with E-state index in [4.69, 9.17) is 26.1 Å². The molecule has 5 rings (SSSR count). The Morgan fingerprint density at radius 2 is 1.79 bits per heavy atom. The first kappa shape index (κ1) is 21.6. The molecule has 0 unspecified atom stereocenters. The zero-order valence-electron chi connectivity index (χ0n) is 18.4. The summed E-state index contributed by atoms with van der Waals surface area (Å²) in [5.74, 6) is 1.20. The van der Waals surface area contributed by atoms with Crippen molar-refractivity contribution in [2.24, 2.45) is 0 Å². The van der Waals surface area contributed by atoms with Gasteiger partial charge in [-0.25, -0.2) is 9.97 Å². The van der Waals surface area contributed by atoms with Gasteiger partial charge in [-0.2, -0.15) is 0 Å². The Hall–Kier alpha value is -3.21. The normalized spacial score (nSPS) is 23.7. The predicted molar refractivity (Wildman–Crippen MR) is 131 cm³/mol. The smallest absolute Gasteiger partial charge is 0.223 e. The van der Waals surface area contributed by atoms with Gasteiger partial charge in [-0.3, -0.25) is 0 Å². The van der Waals surface area contributed by atoms with Crippen LogP contribution in [0.1, 0.15) is 0 Å². The number of nitrogens with one attached hydrogen (secondary N) is 3. The molecule has 4 atom stereocenters. The van der Waals surface area contributed by atoms with Gasteiger partial charge in [0.1, 0.15) is 17.9 Å². The van der Waals surface area contributed by atoms with Crippen molar-refractivity contribution in [1.82, 2.24) is 15.3 Å². The molecule has 0 amide bonds. The minimum Gasteiger partial charge on any atom is -0.463 e. The van der Waals surface area contributed by atoms with Crippen LogP contribution in [0.2, 0.25) is 0 Å². The predicted octanol–water partition coefficient (Wildman–Crippen LogP) is 2.74. The number of nitrogens with zero attached hydrogens (tertiary/aromatic N) is 3. The molecule has 2 aliphatic heterocycles. The minimum absolute atomic E-state index is 0.0433. The fourth-order valence-electron chi connectivity index (χ4n) is 4.08. The molecule has 172 valence electrons. The molecule has 9 nitrogen and oxygen atoms in total. The molecule has 2 aromatic heterocycles. The molecule has 0 radical (unpaired) electrons. The highest BCUT2D eigenvalue weighted by molar-refractivity contribution is 7.80. The number of benzene rings is 1. The molecule has 3 aromatic rings. The van der Waals surface area contributed by atoms with Crippen LogP contribution in [0, 0.1) is 0 Å². The molecule has 0 saturated carbocycles. The molecule has 0 bridgehead atoms. The largest absolute Gasteiger partial charge is 0.463 e. The molecule has 1 aromatic carbocycles. The second kappa shape index (κ2) is 9.34. The zero-order valence-corrected chi connectivity index (χ0v) is 19.2. The average Bonchev–Trinajstić information content (AvgIpc) is 3.55. The van der Waals surface area contributed by atoms with Crippen LogP contribution in [-0.2, 0) is 9.47 Å². The number of hydrogen-bond donors (Lipinski definition) is 3. The number of ether oxygens (including phenoxy) is 2. The molecule has 33 heavy (non-hydrogen) atoms. The first-order valence-electron chi connectivity index (χ1n) is 10.8. The van der Waals surface area contributed by atoms with E-state index >= 15 is 0 Å². The van der Waals surface area contributed by atoms with Gasteiger partial charge in [-0.05, 0) is 54.7 Å². The molecule has 10 heteroatoms. The van der Waals surface area contributed by atoms with E-state index < -0.39 is 0 Å². The molecular weight excluding hydrogens is 440 g/mol. The van der Waals surface area contributed by atoms with Crippen LogP contribution >= 0.6 is 12.2 Å². The molecule has 3 N–H and O–H groups in total. The minimum atomic E-state index is -0.124. The van der Waals surface area contributed by atoms with Crippen LogP contribution in [0.25, 0.3) is 11.5 Å². The van der Waals surface area contributed by atoms with Crippen LogP contribution in [0.4, 0.5) is 17.3 Å². The quantitative estimate of drug-likeness (QED) is 0.471. The van der Waals surface area contributed by atoms with Gasteiger partial charge in [0.2, 0.25) is 5.95 Å². The second-order valence-corrected chi connectivity index (χ2v) is 8.64. The second-order valence-electron chi connectivity index (χ2n) is 8.24. The molecule has 0 spiro atoms. The van der Waals surface area contributed by atoms with E-state index in [1.165, 1.54) is 0 Å². The van der Waals surface area contributed by atoms with Gasteiger partial charge < -0.3 is 34.7 Å². The van der Waals surface area contributed by atoms with Crippen molar-refractivity contribution in [2.45, 2.75) is 24.3 Å². The first-order valence-corrected chi connectivity index (χ1v) is 11.2. The van der Waals surface area contributed by atoms with E-state index in [-0.39, 0.29) is 24.3 Å². The number of thiocarbonyl (C=S) groups is 1. The maximum atomic E-state index is 6.05. The van der Waals surface area contributed by atoms with E-state index in [1.54, 1.807) is 12.5 Å². The number of rotatable bonds is 6. The van der Waals surface area contributed by atoms with Crippen LogP contribution in [-0.4, -0.2) is 66.7 Å². The summed E-state index contributed by atoms with van der Waals surface area (Å²) in [7, 11) is 4.02. The van der Waals surface area contributed by atoms with E-state index in [2.05, 4.69) is 30.8 Å². The Balaban J connectivity index is 1.17. The summed E-state index contributed by atoms with van der Waals surface area (Å²) in [6, 6.07) is 13.5. The highest BCUT2D eigenvalue weighted by Crippen LogP contribution is 2.29. The zero-order chi connectivity index (χ0) is 22.8. The van der Waals surface area contributed by atoms with Gasteiger partial charge >= 0.3 is 0 Å². The maximum absolute atomic E-state index is 6.05. The van der Waals surface area contributed by atoms with E-state index in [9.17, 15) is 0 Å². The highest BCUT2D eigenvalue weighted by atomic mass is 32.1. The summed E-state index contributed by atoms with van der Waals surface area (Å²) in [4.78, 5) is 10.9. The number of aromatic nitrogens is 2. The Bertz CT molecular complexity index is 1090. The Morgan fingerprint density at radius 3 is 2.52 bits per heavy atom. The number of hydrogen-bond acceptors (Lipinski definition) is 8. The van der Waals surface area contributed by atoms with Crippen molar-refractivity contribution in [3.05, 3.63) is 54.9 Å². The van der Waals surface area contributed by atoms with Crippen molar-refractivity contribution in [1.29, 1.82) is 0 Å². The maximum Gasteiger partial charge on any atom is 0.223 e. The van der Waals surface area contributed by atoms with Crippen molar-refractivity contribution >= 4 is 34.7 Å². The van der Waals surface area contributed by atoms with Crippen molar-refractivity contribution < 1.29 is 13.9 Å². The van der Waals surface area contributed by atoms with Gasteiger partial charge in [0.15, 0.2) is 10.9 Å². The summed E-state index contributed by atoms with van der Waals surface area (Å²) in [6.07, 6.45) is 3.08. The van der Waals surface area contributed by atoms with E-state index in [0.29, 0.717) is 30.0 Å². The topological polar surface area (TPSA) is 96.7 Å². The number of furan rings is 1. The lowest BCUT2D eigenvalue weighted by Gasteiger charge is -2.20. The summed E-state index contributed by atoms with van der Waals surface area (Å²) in [5.41, 5.74) is 2.77. The fraction of sp³-hybridized carbons (Fsp3) is 0.348. The summed E-state index contributed by atoms with van der Waals surface area (Å²) in [6.45, 7) is 0.996. The molecule has 4 heterocycles. The van der Waals surface area contributed by atoms with Crippen LogP contribution in [0.15, 0.2) is 59.3 Å². The summed E-state index contributed by atoms with van der Waals surface area (Å²) in [5, 5.41) is 10.5. The third kappa shape index (κ3) is 4.77. The molecule has 2 saturated heterocycles.